The number of carbonyl (C=O) groups excluding carboxylic acids is 1. The minimum atomic E-state index is -0.161. The largest absolute Gasteiger partial charge is 0.497 e. The summed E-state index contributed by atoms with van der Waals surface area (Å²) in [6, 6.07) is 15.1. The molecule has 0 radical (unpaired) electrons. The first-order valence-corrected chi connectivity index (χ1v) is 9.52. The third-order valence-corrected chi connectivity index (χ3v) is 4.64. The van der Waals surface area contributed by atoms with Crippen molar-refractivity contribution in [3.05, 3.63) is 59.0 Å². The van der Waals surface area contributed by atoms with Gasteiger partial charge in [0.2, 0.25) is 0 Å². The SMILES string of the molecule is COc1ccc(N=C2NC(=O)/C(=C/c3ccccc3OCC(C)C)S2)cc1. The number of benzene rings is 2. The second kappa shape index (κ2) is 8.77. The van der Waals surface area contributed by atoms with Gasteiger partial charge in [0, 0.05) is 5.56 Å². The van der Waals surface area contributed by atoms with E-state index in [0.717, 1.165) is 22.7 Å². The quantitative estimate of drug-likeness (QED) is 0.741. The minimum absolute atomic E-state index is 0.161. The van der Waals surface area contributed by atoms with E-state index in [2.05, 4.69) is 24.2 Å². The number of methoxy groups -OCH3 is 1. The van der Waals surface area contributed by atoms with Gasteiger partial charge in [-0.15, -0.1) is 0 Å². The molecule has 0 atom stereocenters. The van der Waals surface area contributed by atoms with Crippen molar-refractivity contribution < 1.29 is 14.3 Å². The summed E-state index contributed by atoms with van der Waals surface area (Å²) in [5.74, 6) is 1.80. The average molecular weight is 382 g/mol. The third kappa shape index (κ3) is 5.14. The van der Waals surface area contributed by atoms with Gasteiger partial charge in [-0.2, -0.15) is 0 Å². The van der Waals surface area contributed by atoms with Crippen LogP contribution in [0.25, 0.3) is 6.08 Å². The molecular formula is C21H22N2O3S. The Balaban J connectivity index is 1.78. The van der Waals surface area contributed by atoms with Crippen LogP contribution in [0.2, 0.25) is 0 Å². The van der Waals surface area contributed by atoms with E-state index in [9.17, 15) is 4.79 Å². The number of aliphatic imine (C=N–C) groups is 1. The number of nitrogens with zero attached hydrogens (tertiary/aromatic N) is 1. The molecule has 1 aliphatic rings. The van der Waals surface area contributed by atoms with E-state index in [1.165, 1.54) is 11.8 Å². The van der Waals surface area contributed by atoms with Crippen LogP contribution >= 0.6 is 11.8 Å². The van der Waals surface area contributed by atoms with Crippen molar-refractivity contribution in [1.82, 2.24) is 5.32 Å². The topological polar surface area (TPSA) is 59.9 Å². The Morgan fingerprint density at radius 1 is 1.15 bits per heavy atom. The fourth-order valence-corrected chi connectivity index (χ4v) is 3.22. The molecule has 1 N–H and O–H groups in total. The van der Waals surface area contributed by atoms with E-state index in [4.69, 9.17) is 9.47 Å². The zero-order valence-electron chi connectivity index (χ0n) is 15.6. The number of hydrogen-bond donors (Lipinski definition) is 1. The van der Waals surface area contributed by atoms with Gasteiger partial charge in [0.1, 0.15) is 11.5 Å². The zero-order chi connectivity index (χ0) is 19.2. The van der Waals surface area contributed by atoms with E-state index in [-0.39, 0.29) is 5.91 Å². The fraction of sp³-hybridized carbons (Fsp3) is 0.238. The molecule has 6 heteroatoms. The molecule has 0 saturated carbocycles. The molecule has 1 saturated heterocycles. The fourth-order valence-electron chi connectivity index (χ4n) is 2.38. The minimum Gasteiger partial charge on any atom is -0.497 e. The predicted molar refractivity (Wildman–Crippen MR) is 111 cm³/mol. The molecule has 0 aliphatic carbocycles. The maximum atomic E-state index is 12.3. The predicted octanol–water partition coefficient (Wildman–Crippen LogP) is 4.62. The Labute approximate surface area is 163 Å². The van der Waals surface area contributed by atoms with Crippen LogP contribution in [0.5, 0.6) is 11.5 Å². The molecule has 140 valence electrons. The lowest BCUT2D eigenvalue weighted by Crippen LogP contribution is -2.19. The average Bonchev–Trinajstić information content (AvgIpc) is 3.00. The van der Waals surface area contributed by atoms with Gasteiger partial charge in [0.15, 0.2) is 5.17 Å². The molecule has 0 bridgehead atoms. The standard InChI is InChI=1S/C21H22N2O3S/c1-14(2)13-26-18-7-5-4-6-15(18)12-19-20(24)23-21(27-19)22-16-8-10-17(25-3)11-9-16/h4-12,14H,13H2,1-3H3,(H,22,23,24)/b19-12-. The highest BCUT2D eigenvalue weighted by molar-refractivity contribution is 8.18. The lowest BCUT2D eigenvalue weighted by molar-refractivity contribution is -0.115. The van der Waals surface area contributed by atoms with Crippen molar-refractivity contribution in [2.24, 2.45) is 10.9 Å². The second-order valence-electron chi connectivity index (χ2n) is 6.42. The number of ether oxygens (including phenoxy) is 2. The molecule has 27 heavy (non-hydrogen) atoms. The van der Waals surface area contributed by atoms with Gasteiger partial charge in [-0.1, -0.05) is 32.0 Å². The lowest BCUT2D eigenvalue weighted by atomic mass is 10.2. The van der Waals surface area contributed by atoms with Crippen molar-refractivity contribution >= 4 is 34.6 Å². The van der Waals surface area contributed by atoms with Crippen molar-refractivity contribution in [1.29, 1.82) is 0 Å². The molecule has 1 fully saturated rings. The molecule has 5 nitrogen and oxygen atoms in total. The maximum absolute atomic E-state index is 12.3. The Hall–Kier alpha value is -2.73. The molecule has 2 aromatic carbocycles. The molecule has 0 spiro atoms. The zero-order valence-corrected chi connectivity index (χ0v) is 16.4. The molecule has 1 amide bonds. The molecular weight excluding hydrogens is 360 g/mol. The molecule has 1 heterocycles. The highest BCUT2D eigenvalue weighted by atomic mass is 32.2. The summed E-state index contributed by atoms with van der Waals surface area (Å²) in [6.45, 7) is 4.83. The number of para-hydroxylation sites is 1. The summed E-state index contributed by atoms with van der Waals surface area (Å²) < 4.78 is 11.0. The Kier molecular flexibility index (Phi) is 6.19. The van der Waals surface area contributed by atoms with E-state index in [1.807, 2.05) is 54.6 Å². The summed E-state index contributed by atoms with van der Waals surface area (Å²) in [5.41, 5.74) is 1.63. The van der Waals surface area contributed by atoms with Crippen LogP contribution in [0.4, 0.5) is 5.69 Å². The van der Waals surface area contributed by atoms with Crippen molar-refractivity contribution in [3.8, 4) is 11.5 Å². The van der Waals surface area contributed by atoms with Crippen LogP contribution in [0.3, 0.4) is 0 Å². The molecule has 2 aromatic rings. The van der Waals surface area contributed by atoms with Gasteiger partial charge in [-0.25, -0.2) is 4.99 Å². The smallest absolute Gasteiger partial charge is 0.264 e. The number of thioether (sulfide) groups is 1. The summed E-state index contributed by atoms with van der Waals surface area (Å²) in [5, 5.41) is 3.36. The van der Waals surface area contributed by atoms with E-state index < -0.39 is 0 Å². The van der Waals surface area contributed by atoms with Crippen LogP contribution in [0, 0.1) is 5.92 Å². The van der Waals surface area contributed by atoms with Crippen molar-refractivity contribution in [2.45, 2.75) is 13.8 Å². The molecule has 1 aliphatic heterocycles. The van der Waals surface area contributed by atoms with Gasteiger partial charge < -0.3 is 14.8 Å². The first-order chi connectivity index (χ1) is 13.0. The monoisotopic (exact) mass is 382 g/mol. The Morgan fingerprint density at radius 3 is 2.59 bits per heavy atom. The number of rotatable bonds is 6. The third-order valence-electron chi connectivity index (χ3n) is 3.73. The van der Waals surface area contributed by atoms with Gasteiger partial charge >= 0.3 is 0 Å². The van der Waals surface area contributed by atoms with Crippen LogP contribution < -0.4 is 14.8 Å². The van der Waals surface area contributed by atoms with E-state index in [0.29, 0.717) is 22.6 Å². The highest BCUT2D eigenvalue weighted by Gasteiger charge is 2.24. The van der Waals surface area contributed by atoms with Gasteiger partial charge in [0.25, 0.3) is 5.91 Å². The van der Waals surface area contributed by atoms with Gasteiger partial charge in [-0.05, 0) is 54.1 Å². The first kappa shape index (κ1) is 19.0. The summed E-state index contributed by atoms with van der Waals surface area (Å²) in [7, 11) is 1.62. The number of amidine groups is 1. The van der Waals surface area contributed by atoms with Crippen LogP contribution in [0.15, 0.2) is 58.4 Å². The number of hydrogen-bond acceptors (Lipinski definition) is 5. The summed E-state index contributed by atoms with van der Waals surface area (Å²) in [6.07, 6.45) is 1.84. The summed E-state index contributed by atoms with van der Waals surface area (Å²) >= 11 is 1.32. The molecule has 0 unspecified atom stereocenters. The van der Waals surface area contributed by atoms with Gasteiger partial charge in [-0.3, -0.25) is 4.79 Å². The Morgan fingerprint density at radius 2 is 1.89 bits per heavy atom. The normalized spacial score (nSPS) is 16.8. The van der Waals surface area contributed by atoms with Gasteiger partial charge in [0.05, 0.1) is 24.3 Å². The number of amides is 1. The maximum Gasteiger partial charge on any atom is 0.264 e. The number of carbonyl (C=O) groups is 1. The molecule has 0 aromatic heterocycles. The van der Waals surface area contributed by atoms with Crippen LogP contribution in [-0.2, 0) is 4.79 Å². The number of nitrogens with one attached hydrogen (secondary N) is 1. The molecule has 3 rings (SSSR count). The highest BCUT2D eigenvalue weighted by Crippen LogP contribution is 2.31. The van der Waals surface area contributed by atoms with Crippen LogP contribution in [0.1, 0.15) is 19.4 Å². The van der Waals surface area contributed by atoms with E-state index >= 15 is 0 Å². The lowest BCUT2D eigenvalue weighted by Gasteiger charge is -2.11. The first-order valence-electron chi connectivity index (χ1n) is 8.70. The second-order valence-corrected chi connectivity index (χ2v) is 7.45. The van der Waals surface area contributed by atoms with Crippen LogP contribution in [-0.4, -0.2) is 24.8 Å². The van der Waals surface area contributed by atoms with Crippen molar-refractivity contribution in [2.75, 3.05) is 13.7 Å². The Bertz CT molecular complexity index is 873. The summed E-state index contributed by atoms with van der Waals surface area (Å²) in [4.78, 5) is 17.4. The van der Waals surface area contributed by atoms with Crippen molar-refractivity contribution in [3.63, 3.8) is 0 Å². The van der Waals surface area contributed by atoms with E-state index in [1.54, 1.807) is 7.11 Å².